The zero-order valence-corrected chi connectivity index (χ0v) is 19.3. The summed E-state index contributed by atoms with van der Waals surface area (Å²) < 4.78 is 12.8. The molecule has 32 heavy (non-hydrogen) atoms. The van der Waals surface area contributed by atoms with Gasteiger partial charge < -0.3 is 14.5 Å². The molecule has 1 amide bonds. The maximum atomic E-state index is 12.5. The van der Waals surface area contributed by atoms with E-state index < -0.39 is 5.91 Å². The molecule has 2 aromatic heterocycles. The predicted octanol–water partition coefficient (Wildman–Crippen LogP) is 6.97. The average molecular weight is 511 g/mol. The first kappa shape index (κ1) is 22.6. The van der Waals surface area contributed by atoms with E-state index in [1.165, 1.54) is 6.20 Å². The topological polar surface area (TPSA) is 69.3 Å². The largest absolute Gasteiger partial charge is 0.484 e. The zero-order chi connectivity index (χ0) is 22.7. The van der Waals surface area contributed by atoms with Gasteiger partial charge in [0.25, 0.3) is 5.91 Å². The van der Waals surface area contributed by atoms with Crippen molar-refractivity contribution in [3.8, 4) is 5.75 Å². The number of halogens is 4. The summed E-state index contributed by atoms with van der Waals surface area (Å²) in [7, 11) is 0. The van der Waals surface area contributed by atoms with Crippen LogP contribution < -0.4 is 10.1 Å². The van der Waals surface area contributed by atoms with Crippen LogP contribution in [-0.2, 0) is 13.2 Å². The fraction of sp³-hybridized carbons (Fsp3) is 0.0909. The van der Waals surface area contributed by atoms with Crippen LogP contribution >= 0.6 is 46.4 Å². The molecule has 0 aliphatic heterocycles. The van der Waals surface area contributed by atoms with Gasteiger partial charge in [0.15, 0.2) is 5.76 Å². The van der Waals surface area contributed by atoms with Crippen molar-refractivity contribution in [2.24, 2.45) is 0 Å². The van der Waals surface area contributed by atoms with Gasteiger partial charge >= 0.3 is 0 Å². The number of amides is 1. The number of aromatic nitrogens is 2. The van der Waals surface area contributed by atoms with Gasteiger partial charge in [-0.1, -0.05) is 52.5 Å². The molecule has 2 aromatic carbocycles. The molecule has 0 bridgehead atoms. The third-order valence-corrected chi connectivity index (χ3v) is 5.66. The molecule has 1 N–H and O–H groups in total. The van der Waals surface area contributed by atoms with E-state index in [4.69, 9.17) is 55.6 Å². The van der Waals surface area contributed by atoms with Gasteiger partial charge in [0.2, 0.25) is 0 Å². The summed E-state index contributed by atoms with van der Waals surface area (Å²) in [4.78, 5) is 12.5. The average Bonchev–Trinajstić information content (AvgIpc) is 3.40. The summed E-state index contributed by atoms with van der Waals surface area (Å²) in [6, 6.07) is 13.4. The van der Waals surface area contributed by atoms with E-state index in [1.54, 1.807) is 59.4 Å². The van der Waals surface area contributed by atoms with Gasteiger partial charge in [-0.15, -0.1) is 0 Å². The standard InChI is InChI=1S/C22H15Cl4N3O3/c23-13-4-6-20(19(26)8-13)31-12-15-5-7-21(32-15)22(30)28-14-9-27-29(10-14)11-16-17(24)2-1-3-18(16)25/h1-10H,11-12H2,(H,28,30). The lowest BCUT2D eigenvalue weighted by Gasteiger charge is -2.07. The van der Waals surface area contributed by atoms with Gasteiger partial charge in [-0.3, -0.25) is 9.48 Å². The predicted molar refractivity (Wildman–Crippen MR) is 125 cm³/mol. The first-order chi connectivity index (χ1) is 15.4. The van der Waals surface area contributed by atoms with Crippen molar-refractivity contribution in [2.45, 2.75) is 13.2 Å². The van der Waals surface area contributed by atoms with Gasteiger partial charge in [-0.2, -0.15) is 5.10 Å². The monoisotopic (exact) mass is 509 g/mol. The lowest BCUT2D eigenvalue weighted by molar-refractivity contribution is 0.0992. The van der Waals surface area contributed by atoms with Crippen LogP contribution in [0.15, 0.2) is 65.3 Å². The molecule has 0 fully saturated rings. The summed E-state index contributed by atoms with van der Waals surface area (Å²) >= 11 is 24.4. The smallest absolute Gasteiger partial charge is 0.291 e. The molecule has 0 radical (unpaired) electrons. The highest BCUT2D eigenvalue weighted by Crippen LogP contribution is 2.28. The molecule has 0 atom stereocenters. The van der Waals surface area contributed by atoms with Crippen LogP contribution in [-0.4, -0.2) is 15.7 Å². The highest BCUT2D eigenvalue weighted by Gasteiger charge is 2.14. The maximum Gasteiger partial charge on any atom is 0.291 e. The van der Waals surface area contributed by atoms with E-state index >= 15 is 0 Å². The van der Waals surface area contributed by atoms with Crippen LogP contribution in [0.4, 0.5) is 5.69 Å². The molecule has 164 valence electrons. The van der Waals surface area contributed by atoms with Crippen LogP contribution in [0.25, 0.3) is 0 Å². The molecule has 2 heterocycles. The number of carbonyl (C=O) groups is 1. The number of anilines is 1. The van der Waals surface area contributed by atoms with Crippen molar-refractivity contribution >= 4 is 58.0 Å². The molecule has 10 heteroatoms. The Morgan fingerprint density at radius 2 is 1.81 bits per heavy atom. The van der Waals surface area contributed by atoms with Gasteiger partial charge in [0, 0.05) is 26.8 Å². The number of ether oxygens (including phenoxy) is 1. The number of hydrogen-bond acceptors (Lipinski definition) is 4. The van der Waals surface area contributed by atoms with Gasteiger partial charge in [0.1, 0.15) is 18.1 Å². The summed E-state index contributed by atoms with van der Waals surface area (Å²) in [5.41, 5.74) is 1.24. The Morgan fingerprint density at radius 3 is 2.56 bits per heavy atom. The molecule has 4 aromatic rings. The Kier molecular flexibility index (Phi) is 6.96. The number of nitrogens with one attached hydrogen (secondary N) is 1. The Labute approximate surface area is 203 Å². The number of rotatable bonds is 7. The van der Waals surface area contributed by atoms with Gasteiger partial charge in [-0.05, 0) is 42.5 Å². The minimum Gasteiger partial charge on any atom is -0.484 e. The Bertz CT molecular complexity index is 1250. The third kappa shape index (κ3) is 5.40. The molecule has 0 aliphatic carbocycles. The molecule has 0 spiro atoms. The van der Waals surface area contributed by atoms with Crippen molar-refractivity contribution in [3.05, 3.63) is 98.1 Å². The van der Waals surface area contributed by atoms with Crippen molar-refractivity contribution < 1.29 is 13.9 Å². The summed E-state index contributed by atoms with van der Waals surface area (Å²) in [5, 5.41) is 8.96. The van der Waals surface area contributed by atoms with Crippen LogP contribution in [0.3, 0.4) is 0 Å². The molecular weight excluding hydrogens is 496 g/mol. The van der Waals surface area contributed by atoms with Crippen molar-refractivity contribution in [1.29, 1.82) is 0 Å². The van der Waals surface area contributed by atoms with Gasteiger partial charge in [-0.25, -0.2) is 0 Å². The minimum atomic E-state index is -0.420. The minimum absolute atomic E-state index is 0.102. The second kappa shape index (κ2) is 9.88. The number of hydrogen-bond donors (Lipinski definition) is 1. The lowest BCUT2D eigenvalue weighted by Crippen LogP contribution is -2.10. The van der Waals surface area contributed by atoms with E-state index in [2.05, 4.69) is 10.4 Å². The van der Waals surface area contributed by atoms with E-state index in [0.29, 0.717) is 43.8 Å². The fourth-order valence-electron chi connectivity index (χ4n) is 2.87. The molecule has 0 unspecified atom stereocenters. The normalized spacial score (nSPS) is 10.9. The van der Waals surface area contributed by atoms with Crippen LogP contribution in [0.2, 0.25) is 20.1 Å². The molecule has 0 saturated heterocycles. The van der Waals surface area contributed by atoms with Crippen molar-refractivity contribution in [2.75, 3.05) is 5.32 Å². The maximum absolute atomic E-state index is 12.5. The van der Waals surface area contributed by atoms with Crippen molar-refractivity contribution in [3.63, 3.8) is 0 Å². The highest BCUT2D eigenvalue weighted by molar-refractivity contribution is 6.36. The number of nitrogens with zero attached hydrogens (tertiary/aromatic N) is 2. The van der Waals surface area contributed by atoms with E-state index in [0.717, 1.165) is 5.56 Å². The summed E-state index contributed by atoms with van der Waals surface area (Å²) in [5.74, 6) is 0.638. The second-order valence-corrected chi connectivity index (χ2v) is 8.37. The lowest BCUT2D eigenvalue weighted by atomic mass is 10.2. The molecule has 0 saturated carbocycles. The quantitative estimate of drug-likeness (QED) is 0.291. The van der Waals surface area contributed by atoms with E-state index in [-0.39, 0.29) is 12.4 Å². The molecule has 0 aliphatic rings. The fourth-order valence-corrected chi connectivity index (χ4v) is 3.85. The SMILES string of the molecule is O=C(Nc1cnn(Cc2c(Cl)cccc2Cl)c1)c1ccc(COc2ccc(Cl)cc2Cl)o1. The Balaban J connectivity index is 1.36. The third-order valence-electron chi connectivity index (χ3n) is 4.42. The summed E-state index contributed by atoms with van der Waals surface area (Å²) in [6.45, 7) is 0.467. The van der Waals surface area contributed by atoms with Crippen molar-refractivity contribution in [1.82, 2.24) is 9.78 Å². The van der Waals surface area contributed by atoms with Gasteiger partial charge in [0.05, 0.1) is 23.5 Å². The van der Waals surface area contributed by atoms with E-state index in [9.17, 15) is 4.79 Å². The number of carbonyl (C=O) groups excluding carboxylic acids is 1. The summed E-state index contributed by atoms with van der Waals surface area (Å²) in [6.07, 6.45) is 3.20. The second-order valence-electron chi connectivity index (χ2n) is 6.71. The Morgan fingerprint density at radius 1 is 1.03 bits per heavy atom. The molecule has 6 nitrogen and oxygen atoms in total. The van der Waals surface area contributed by atoms with E-state index in [1.807, 2.05) is 0 Å². The highest BCUT2D eigenvalue weighted by atomic mass is 35.5. The first-order valence-electron chi connectivity index (χ1n) is 9.32. The number of benzene rings is 2. The Hall–Kier alpha value is -2.64. The zero-order valence-electron chi connectivity index (χ0n) is 16.3. The van der Waals surface area contributed by atoms with Crippen LogP contribution in [0.5, 0.6) is 5.75 Å². The van der Waals surface area contributed by atoms with Crippen LogP contribution in [0.1, 0.15) is 21.9 Å². The molecular formula is C22H15Cl4N3O3. The first-order valence-corrected chi connectivity index (χ1v) is 10.8. The molecule has 4 rings (SSSR count). The number of furan rings is 1. The van der Waals surface area contributed by atoms with Crippen LogP contribution in [0, 0.1) is 0 Å².